The number of hydrogen-bond acceptors (Lipinski definition) is 5. The molecular formula is C16H19NO5S. The van der Waals surface area contributed by atoms with Crippen molar-refractivity contribution in [1.29, 1.82) is 0 Å². The van der Waals surface area contributed by atoms with Crippen LogP contribution in [0.5, 0.6) is 0 Å². The summed E-state index contributed by atoms with van der Waals surface area (Å²) in [5, 5.41) is 0. The summed E-state index contributed by atoms with van der Waals surface area (Å²) >= 11 is 0. The Labute approximate surface area is 135 Å². The molecule has 0 N–H and O–H groups in total. The largest absolute Gasteiger partial charge is 0.465 e. The Balaban J connectivity index is 1.93. The van der Waals surface area contributed by atoms with Crippen LogP contribution in [0.1, 0.15) is 28.8 Å². The lowest BCUT2D eigenvalue weighted by Gasteiger charge is -2.32. The van der Waals surface area contributed by atoms with Gasteiger partial charge in [0.2, 0.25) is 5.91 Å². The molecule has 0 aromatic heterocycles. The molecule has 0 bridgehead atoms. The number of esters is 1. The van der Waals surface area contributed by atoms with Gasteiger partial charge in [-0.05, 0) is 37.0 Å². The third kappa shape index (κ3) is 2.97. The summed E-state index contributed by atoms with van der Waals surface area (Å²) in [6, 6.07) is 5.23. The van der Waals surface area contributed by atoms with Gasteiger partial charge in [0.05, 0.1) is 30.1 Å². The van der Waals surface area contributed by atoms with Crippen molar-refractivity contribution in [3.8, 4) is 0 Å². The third-order valence-corrected chi connectivity index (χ3v) is 6.27. The molecule has 0 saturated carbocycles. The van der Waals surface area contributed by atoms with Crippen LogP contribution in [0, 0.1) is 5.92 Å². The zero-order chi connectivity index (χ0) is 16.6. The second-order valence-corrected chi connectivity index (χ2v) is 8.22. The van der Waals surface area contributed by atoms with Gasteiger partial charge < -0.3 is 9.64 Å². The van der Waals surface area contributed by atoms with Crippen molar-refractivity contribution in [3.63, 3.8) is 0 Å². The fraction of sp³-hybridized carbons (Fsp3) is 0.500. The highest BCUT2D eigenvalue weighted by atomic mass is 32.2. The van der Waals surface area contributed by atoms with Gasteiger partial charge in [-0.25, -0.2) is 13.2 Å². The van der Waals surface area contributed by atoms with Crippen molar-refractivity contribution in [3.05, 3.63) is 29.3 Å². The lowest BCUT2D eigenvalue weighted by molar-refractivity contribution is -0.121. The normalized spacial score (nSPS) is 22.5. The molecule has 2 aliphatic rings. The third-order valence-electron chi connectivity index (χ3n) is 4.50. The van der Waals surface area contributed by atoms with Gasteiger partial charge in [0.1, 0.15) is 0 Å². The minimum absolute atomic E-state index is 0.0750. The van der Waals surface area contributed by atoms with Gasteiger partial charge in [-0.3, -0.25) is 4.79 Å². The maximum atomic E-state index is 12.7. The standard InChI is InChI=1S/C16H19NO5S/c1-22-16(19)13-4-2-6-14-12(13)5-3-8-17(14)15(18)11-7-9-23(20,21)10-11/h2,4,6,11H,3,5,7-10H2,1H3. The maximum Gasteiger partial charge on any atom is 0.338 e. The van der Waals surface area contributed by atoms with Crippen LogP contribution in [0.3, 0.4) is 0 Å². The van der Waals surface area contributed by atoms with Gasteiger partial charge in [0.25, 0.3) is 0 Å². The van der Waals surface area contributed by atoms with Crippen LogP contribution in [0.4, 0.5) is 5.69 Å². The zero-order valence-corrected chi connectivity index (χ0v) is 13.8. The van der Waals surface area contributed by atoms with Crippen molar-refractivity contribution in [2.75, 3.05) is 30.1 Å². The Kier molecular flexibility index (Phi) is 4.14. The molecule has 7 heteroatoms. The van der Waals surface area contributed by atoms with E-state index in [0.29, 0.717) is 30.6 Å². The van der Waals surface area contributed by atoms with Crippen LogP contribution in [-0.2, 0) is 25.8 Å². The topological polar surface area (TPSA) is 80.8 Å². The van der Waals surface area contributed by atoms with Crippen molar-refractivity contribution < 1.29 is 22.7 Å². The van der Waals surface area contributed by atoms with Crippen LogP contribution in [0.25, 0.3) is 0 Å². The number of amides is 1. The van der Waals surface area contributed by atoms with Gasteiger partial charge in [-0.1, -0.05) is 6.07 Å². The number of ether oxygens (including phenoxy) is 1. The molecule has 1 aromatic carbocycles. The summed E-state index contributed by atoms with van der Waals surface area (Å²) in [5.74, 6) is -1.05. The molecule has 1 unspecified atom stereocenters. The molecule has 23 heavy (non-hydrogen) atoms. The first-order chi connectivity index (χ1) is 10.9. The molecule has 0 spiro atoms. The number of methoxy groups -OCH3 is 1. The van der Waals surface area contributed by atoms with E-state index < -0.39 is 21.7 Å². The second-order valence-electron chi connectivity index (χ2n) is 5.99. The van der Waals surface area contributed by atoms with E-state index in [4.69, 9.17) is 4.74 Å². The number of rotatable bonds is 2. The van der Waals surface area contributed by atoms with Crippen LogP contribution < -0.4 is 4.90 Å². The molecule has 2 heterocycles. The maximum absolute atomic E-state index is 12.7. The van der Waals surface area contributed by atoms with Gasteiger partial charge in [-0.15, -0.1) is 0 Å². The van der Waals surface area contributed by atoms with Crippen LogP contribution in [-0.4, -0.2) is 45.5 Å². The lowest BCUT2D eigenvalue weighted by atomic mass is 9.95. The monoisotopic (exact) mass is 337 g/mol. The van der Waals surface area contributed by atoms with Crippen molar-refractivity contribution >= 4 is 27.4 Å². The molecular weight excluding hydrogens is 318 g/mol. The van der Waals surface area contributed by atoms with Crippen LogP contribution >= 0.6 is 0 Å². The molecule has 1 aromatic rings. The van der Waals surface area contributed by atoms with E-state index in [2.05, 4.69) is 0 Å². The minimum atomic E-state index is -3.10. The van der Waals surface area contributed by atoms with Crippen LogP contribution in [0.15, 0.2) is 18.2 Å². The van der Waals surface area contributed by atoms with Gasteiger partial charge in [-0.2, -0.15) is 0 Å². The fourth-order valence-electron chi connectivity index (χ4n) is 3.36. The predicted octanol–water partition coefficient (Wildman–Crippen LogP) is 1.19. The molecule has 0 aliphatic carbocycles. The van der Waals surface area contributed by atoms with E-state index in [-0.39, 0.29) is 17.4 Å². The summed E-state index contributed by atoms with van der Waals surface area (Å²) in [6.07, 6.45) is 1.82. The Hall–Kier alpha value is -1.89. The first-order valence-corrected chi connectivity index (χ1v) is 9.47. The van der Waals surface area contributed by atoms with Crippen molar-refractivity contribution in [1.82, 2.24) is 0 Å². The van der Waals surface area contributed by atoms with Crippen LogP contribution in [0.2, 0.25) is 0 Å². The summed E-state index contributed by atoms with van der Waals surface area (Å²) < 4.78 is 28.1. The Morgan fingerprint density at radius 3 is 2.74 bits per heavy atom. The molecule has 1 saturated heterocycles. The lowest BCUT2D eigenvalue weighted by Crippen LogP contribution is -2.40. The number of hydrogen-bond donors (Lipinski definition) is 0. The Bertz CT molecular complexity index is 756. The van der Waals surface area contributed by atoms with Crippen molar-refractivity contribution in [2.45, 2.75) is 19.3 Å². The molecule has 2 aliphatic heterocycles. The van der Waals surface area contributed by atoms with E-state index in [1.54, 1.807) is 17.0 Å². The molecule has 1 amide bonds. The number of carbonyl (C=O) groups excluding carboxylic acids is 2. The highest BCUT2D eigenvalue weighted by molar-refractivity contribution is 7.91. The second kappa shape index (κ2) is 5.96. The predicted molar refractivity (Wildman–Crippen MR) is 85.2 cm³/mol. The molecule has 0 radical (unpaired) electrons. The minimum Gasteiger partial charge on any atom is -0.465 e. The quantitative estimate of drug-likeness (QED) is 0.757. The van der Waals surface area contributed by atoms with E-state index in [1.807, 2.05) is 6.07 Å². The number of nitrogens with zero attached hydrogens (tertiary/aromatic N) is 1. The average Bonchev–Trinajstić information content (AvgIpc) is 2.92. The van der Waals surface area contributed by atoms with Gasteiger partial charge >= 0.3 is 5.97 Å². The molecule has 124 valence electrons. The Morgan fingerprint density at radius 2 is 2.09 bits per heavy atom. The number of benzene rings is 1. The number of fused-ring (bicyclic) bond motifs is 1. The summed E-state index contributed by atoms with van der Waals surface area (Å²) in [6.45, 7) is 0.549. The smallest absolute Gasteiger partial charge is 0.338 e. The van der Waals surface area contributed by atoms with E-state index in [1.165, 1.54) is 7.11 Å². The number of anilines is 1. The SMILES string of the molecule is COC(=O)c1cccc2c1CCCN2C(=O)C1CCS(=O)(=O)C1. The van der Waals surface area contributed by atoms with E-state index in [0.717, 1.165) is 12.0 Å². The Morgan fingerprint density at radius 1 is 1.30 bits per heavy atom. The first-order valence-electron chi connectivity index (χ1n) is 7.65. The fourth-order valence-corrected chi connectivity index (χ4v) is 5.10. The summed E-state index contributed by atoms with van der Waals surface area (Å²) in [4.78, 5) is 26.3. The van der Waals surface area contributed by atoms with Crippen molar-refractivity contribution in [2.24, 2.45) is 5.92 Å². The number of sulfone groups is 1. The highest BCUT2D eigenvalue weighted by Gasteiger charge is 2.37. The van der Waals surface area contributed by atoms with E-state index in [9.17, 15) is 18.0 Å². The van der Waals surface area contributed by atoms with Gasteiger partial charge in [0, 0.05) is 12.2 Å². The number of carbonyl (C=O) groups is 2. The average molecular weight is 337 g/mol. The van der Waals surface area contributed by atoms with E-state index >= 15 is 0 Å². The summed E-state index contributed by atoms with van der Waals surface area (Å²) in [7, 11) is -1.77. The summed E-state index contributed by atoms with van der Waals surface area (Å²) in [5.41, 5.74) is 1.98. The van der Waals surface area contributed by atoms with Gasteiger partial charge in [0.15, 0.2) is 9.84 Å². The highest BCUT2D eigenvalue weighted by Crippen LogP contribution is 2.33. The molecule has 3 rings (SSSR count). The molecule has 1 fully saturated rings. The molecule has 6 nitrogen and oxygen atoms in total. The zero-order valence-electron chi connectivity index (χ0n) is 12.9. The molecule has 1 atom stereocenters. The first kappa shape index (κ1) is 16.0.